The Balaban J connectivity index is 1.20. The van der Waals surface area contributed by atoms with Crippen LogP contribution in [-0.4, -0.2) is 90.5 Å². The van der Waals surface area contributed by atoms with Crippen molar-refractivity contribution >= 4 is 23.2 Å². The number of H-pyrrole nitrogens is 1. The van der Waals surface area contributed by atoms with E-state index in [1.54, 1.807) is 18.2 Å². The smallest absolute Gasteiger partial charge is 0.465 e. The van der Waals surface area contributed by atoms with Crippen molar-refractivity contribution in [2.45, 2.75) is 66.3 Å². The largest absolute Gasteiger partial charge is 0.511 e. The zero-order valence-corrected chi connectivity index (χ0v) is 30.6. The number of rotatable bonds is 17. The summed E-state index contributed by atoms with van der Waals surface area (Å²) in [4.78, 5) is 48.3. The minimum atomic E-state index is -1.26. The molecule has 0 fully saturated rings. The summed E-state index contributed by atoms with van der Waals surface area (Å²) in [5.41, 5.74) is 6.81. The molecule has 0 aliphatic carbocycles. The van der Waals surface area contributed by atoms with Gasteiger partial charge in [-0.05, 0) is 68.7 Å². The number of imidazole rings is 1. The van der Waals surface area contributed by atoms with E-state index in [9.17, 15) is 14.5 Å². The molecule has 0 saturated carbocycles. The summed E-state index contributed by atoms with van der Waals surface area (Å²) in [5, 5.41) is 16.0. The van der Waals surface area contributed by atoms with Crippen LogP contribution in [0.3, 0.4) is 0 Å². The van der Waals surface area contributed by atoms with E-state index in [0.29, 0.717) is 47.5 Å². The van der Waals surface area contributed by atoms with E-state index in [1.807, 2.05) is 87.7 Å². The number of esters is 1. The van der Waals surface area contributed by atoms with Gasteiger partial charge in [-0.2, -0.15) is 10.2 Å². The molecule has 17 heteroatoms. The van der Waals surface area contributed by atoms with Gasteiger partial charge in [-0.3, -0.25) is 4.57 Å². The highest BCUT2D eigenvalue weighted by Crippen LogP contribution is 2.31. The SMILES string of the molecule is CCOc1nc2cccc(C(=O)OC(C)OC(=O)OCCCON[N+](=O)N(CC)C(C)(C)C)c2n1Cc1ccc(-c2ccccc2-c2nn[nH]n2)cc1. The molecular formula is C36H44N9O8+. The van der Waals surface area contributed by atoms with E-state index in [4.69, 9.17) is 23.8 Å². The summed E-state index contributed by atoms with van der Waals surface area (Å²) < 4.78 is 23.4. The molecule has 5 rings (SSSR count). The number of para-hydroxylation sites is 1. The Hall–Kier alpha value is -6.10. The first-order chi connectivity index (χ1) is 25.5. The molecule has 5 aromatic rings. The molecular weight excluding hydrogens is 686 g/mol. The molecule has 17 nitrogen and oxygen atoms in total. The number of carbonyl (C=O) groups is 2. The van der Waals surface area contributed by atoms with Crippen molar-refractivity contribution in [3.63, 3.8) is 0 Å². The van der Waals surface area contributed by atoms with Crippen molar-refractivity contribution in [3.05, 3.63) is 82.8 Å². The van der Waals surface area contributed by atoms with E-state index < -0.39 is 24.0 Å². The van der Waals surface area contributed by atoms with Crippen LogP contribution in [0.4, 0.5) is 4.79 Å². The van der Waals surface area contributed by atoms with E-state index in [1.165, 1.54) is 11.9 Å². The topological polar surface area (TPSA) is 188 Å². The van der Waals surface area contributed by atoms with Crippen molar-refractivity contribution < 1.29 is 38.4 Å². The maximum Gasteiger partial charge on any atom is 0.511 e. The Labute approximate surface area is 306 Å². The monoisotopic (exact) mass is 730 g/mol. The van der Waals surface area contributed by atoms with Gasteiger partial charge in [-0.25, -0.2) is 14.4 Å². The lowest BCUT2D eigenvalue weighted by molar-refractivity contribution is -0.799. The lowest BCUT2D eigenvalue weighted by Crippen LogP contribution is -2.51. The number of nitrogens with one attached hydrogen (secondary N) is 2. The Kier molecular flexibility index (Phi) is 12.5. The number of nitrogens with zero attached hydrogens (tertiary/aromatic N) is 7. The van der Waals surface area contributed by atoms with Crippen molar-refractivity contribution in [2.75, 3.05) is 26.4 Å². The fourth-order valence-electron chi connectivity index (χ4n) is 5.61. The molecule has 0 amide bonds. The molecule has 53 heavy (non-hydrogen) atoms. The van der Waals surface area contributed by atoms with Gasteiger partial charge in [0.2, 0.25) is 12.1 Å². The fourth-order valence-corrected chi connectivity index (χ4v) is 5.61. The number of hydrogen-bond acceptors (Lipinski definition) is 12. The van der Waals surface area contributed by atoms with Gasteiger partial charge >= 0.3 is 12.1 Å². The standard InChI is InChI=1S/C36H44N9O8/c1-7-44(36(4,5)6)45(48)42-51-22-12-21-50-35(47)53-24(3)52-33(46)29-15-11-16-30-31(29)43(34(37-30)49-8-2)23-25-17-19-26(20-18-25)27-13-9-10-14-28(27)32-38-40-41-39-32/h9-11,13-20,24H,7-8,12,21-23H2,1-6H3,(H,42,48)(H,38,39,40,41)/q+1. The normalized spacial score (nSPS) is 11.9. The van der Waals surface area contributed by atoms with Crippen LogP contribution >= 0.6 is 0 Å². The number of ether oxygens (including phenoxy) is 4. The number of fused-ring (bicyclic) bond motifs is 1. The summed E-state index contributed by atoms with van der Waals surface area (Å²) in [6.07, 6.45) is -2.02. The molecule has 0 aliphatic heterocycles. The number of aromatic nitrogens is 6. The van der Waals surface area contributed by atoms with Crippen LogP contribution in [0.2, 0.25) is 0 Å². The number of aromatic amines is 1. The van der Waals surface area contributed by atoms with Crippen molar-refractivity contribution in [2.24, 2.45) is 0 Å². The third-order valence-electron chi connectivity index (χ3n) is 7.93. The lowest BCUT2D eigenvalue weighted by Gasteiger charge is -2.25. The number of hydrogen-bond donors (Lipinski definition) is 2. The maximum atomic E-state index is 13.5. The van der Waals surface area contributed by atoms with Crippen LogP contribution in [0.25, 0.3) is 33.5 Å². The predicted octanol–water partition coefficient (Wildman–Crippen LogP) is 5.63. The Morgan fingerprint density at radius 2 is 1.74 bits per heavy atom. The Morgan fingerprint density at radius 1 is 0.981 bits per heavy atom. The second-order valence-electron chi connectivity index (χ2n) is 12.7. The third-order valence-corrected chi connectivity index (χ3v) is 7.93. The summed E-state index contributed by atoms with van der Waals surface area (Å²) >= 11 is 0. The molecule has 1 atom stereocenters. The first kappa shape index (κ1) is 38.1. The van der Waals surface area contributed by atoms with Crippen LogP contribution in [0, 0.1) is 4.91 Å². The number of nitroso groups, excluding NO2 is 1. The number of tetrazole rings is 1. The van der Waals surface area contributed by atoms with E-state index in [-0.39, 0.29) is 25.2 Å². The first-order valence-corrected chi connectivity index (χ1v) is 17.2. The van der Waals surface area contributed by atoms with Crippen LogP contribution in [-0.2, 0) is 25.6 Å². The quantitative estimate of drug-likeness (QED) is 0.0394. The average Bonchev–Trinajstić information content (AvgIpc) is 3.78. The zero-order chi connectivity index (χ0) is 38.0. The van der Waals surface area contributed by atoms with Crippen LogP contribution in [0.15, 0.2) is 66.7 Å². The number of benzene rings is 3. The highest BCUT2D eigenvalue weighted by atomic mass is 16.8. The van der Waals surface area contributed by atoms with Crippen LogP contribution < -0.4 is 10.3 Å². The number of hydrazine groups is 2. The average molecular weight is 731 g/mol. The second kappa shape index (κ2) is 17.4. The van der Waals surface area contributed by atoms with Crippen molar-refractivity contribution in [1.82, 2.24) is 40.8 Å². The molecule has 1 unspecified atom stereocenters. The molecule has 2 aromatic heterocycles. The molecule has 0 aliphatic rings. The summed E-state index contributed by atoms with van der Waals surface area (Å²) in [5.74, 6) is -0.234. The van der Waals surface area contributed by atoms with Crippen LogP contribution in [0.1, 0.15) is 63.9 Å². The van der Waals surface area contributed by atoms with Gasteiger partial charge in [0.05, 0.1) is 60.0 Å². The van der Waals surface area contributed by atoms with Gasteiger partial charge in [0.15, 0.2) is 0 Å². The van der Waals surface area contributed by atoms with E-state index in [2.05, 4.69) is 31.2 Å². The summed E-state index contributed by atoms with van der Waals surface area (Å²) in [7, 11) is 0. The summed E-state index contributed by atoms with van der Waals surface area (Å²) in [6.45, 7) is 12.0. The second-order valence-corrected chi connectivity index (χ2v) is 12.7. The molecule has 2 N–H and O–H groups in total. The summed E-state index contributed by atoms with van der Waals surface area (Å²) in [6, 6.07) is 21.2. The molecule has 2 heterocycles. The highest BCUT2D eigenvalue weighted by molar-refractivity contribution is 6.02. The fraction of sp³-hybridized carbons (Fsp3) is 0.389. The van der Waals surface area contributed by atoms with Gasteiger partial charge in [-0.15, -0.1) is 15.2 Å². The van der Waals surface area contributed by atoms with Gasteiger partial charge in [0.1, 0.15) is 0 Å². The Bertz CT molecular complexity index is 1990. The zero-order valence-electron chi connectivity index (χ0n) is 30.6. The molecule has 0 bridgehead atoms. The first-order valence-electron chi connectivity index (χ1n) is 17.2. The highest BCUT2D eigenvalue weighted by Gasteiger charge is 2.32. The molecule has 0 radical (unpaired) electrons. The third kappa shape index (κ3) is 9.62. The van der Waals surface area contributed by atoms with Crippen molar-refractivity contribution in [1.29, 1.82) is 0 Å². The minimum absolute atomic E-state index is 0.0538. The van der Waals surface area contributed by atoms with Gasteiger partial charge in [0, 0.05) is 24.5 Å². The van der Waals surface area contributed by atoms with Crippen LogP contribution in [0.5, 0.6) is 6.01 Å². The molecule has 280 valence electrons. The number of carbonyl (C=O) groups excluding carboxylic acids is 2. The van der Waals surface area contributed by atoms with E-state index >= 15 is 0 Å². The minimum Gasteiger partial charge on any atom is -0.465 e. The predicted molar refractivity (Wildman–Crippen MR) is 192 cm³/mol. The van der Waals surface area contributed by atoms with Gasteiger partial charge in [-0.1, -0.05) is 54.6 Å². The van der Waals surface area contributed by atoms with Gasteiger partial charge < -0.3 is 18.9 Å². The van der Waals surface area contributed by atoms with E-state index in [0.717, 1.165) is 22.3 Å². The van der Waals surface area contributed by atoms with Crippen molar-refractivity contribution in [3.8, 4) is 28.5 Å². The molecule has 0 spiro atoms. The molecule has 3 aromatic carbocycles. The van der Waals surface area contributed by atoms with Gasteiger partial charge in [0.25, 0.3) is 11.0 Å². The Morgan fingerprint density at radius 3 is 2.42 bits per heavy atom. The molecule has 0 saturated heterocycles. The maximum absolute atomic E-state index is 13.5. The lowest BCUT2D eigenvalue weighted by atomic mass is 9.98.